The van der Waals surface area contributed by atoms with Gasteiger partial charge in [0.05, 0.1) is 12.6 Å². The first kappa shape index (κ1) is 12.6. The molecule has 1 aliphatic heterocycles. The summed E-state index contributed by atoms with van der Waals surface area (Å²) in [5.41, 5.74) is 1.81. The van der Waals surface area contributed by atoms with Crippen molar-refractivity contribution in [3.63, 3.8) is 0 Å². The zero-order valence-electron chi connectivity index (χ0n) is 10.1. The predicted molar refractivity (Wildman–Crippen MR) is 70.2 cm³/mol. The van der Waals surface area contributed by atoms with Gasteiger partial charge in [0.25, 0.3) is 5.91 Å². The first-order valence-corrected chi connectivity index (χ1v) is 6.50. The Morgan fingerprint density at radius 2 is 2.29 bits per heavy atom. The van der Waals surface area contributed by atoms with Crippen molar-refractivity contribution in [3.05, 3.63) is 33.8 Å². The number of likely N-dealkylation sites (N-methyl/N-ethyl adjacent to an activating group) is 1. The smallest absolute Gasteiger partial charge is 0.253 e. The molecule has 0 aromatic heterocycles. The molecule has 2 rings (SSSR count). The molecule has 0 aliphatic carbocycles. The third kappa shape index (κ3) is 2.69. The van der Waals surface area contributed by atoms with Gasteiger partial charge in [0, 0.05) is 23.7 Å². The van der Waals surface area contributed by atoms with Crippen molar-refractivity contribution >= 4 is 21.8 Å². The van der Waals surface area contributed by atoms with Crippen LogP contribution in [0.5, 0.6) is 0 Å². The second-order valence-electron chi connectivity index (χ2n) is 4.40. The number of nitrogens with zero attached hydrogens (tertiary/aromatic N) is 1. The molecule has 1 aliphatic rings. The molecule has 1 atom stereocenters. The lowest BCUT2D eigenvalue weighted by Crippen LogP contribution is -2.37. The van der Waals surface area contributed by atoms with E-state index in [1.807, 2.05) is 32.2 Å². The predicted octanol–water partition coefficient (Wildman–Crippen LogP) is 2.62. The zero-order valence-corrected chi connectivity index (χ0v) is 11.7. The van der Waals surface area contributed by atoms with Gasteiger partial charge in [-0.25, -0.2) is 0 Å². The van der Waals surface area contributed by atoms with Crippen molar-refractivity contribution in [1.29, 1.82) is 0 Å². The molecule has 3 nitrogen and oxygen atoms in total. The average Bonchev–Trinajstić information content (AvgIpc) is 2.84. The highest BCUT2D eigenvalue weighted by atomic mass is 79.9. The molecule has 1 heterocycles. The summed E-state index contributed by atoms with van der Waals surface area (Å²) < 4.78 is 6.33. The van der Waals surface area contributed by atoms with Crippen molar-refractivity contribution in [1.82, 2.24) is 4.90 Å². The molecule has 1 aromatic rings. The van der Waals surface area contributed by atoms with E-state index in [4.69, 9.17) is 4.74 Å². The van der Waals surface area contributed by atoms with Gasteiger partial charge in [-0.2, -0.15) is 0 Å². The van der Waals surface area contributed by atoms with Gasteiger partial charge >= 0.3 is 0 Å². The summed E-state index contributed by atoms with van der Waals surface area (Å²) in [4.78, 5) is 14.0. The molecule has 0 spiro atoms. The number of benzene rings is 1. The molecule has 0 bridgehead atoms. The lowest BCUT2D eigenvalue weighted by molar-refractivity contribution is 0.0711. The van der Waals surface area contributed by atoms with Gasteiger partial charge in [0.1, 0.15) is 0 Å². The molecule has 1 fully saturated rings. The number of aryl methyl sites for hydroxylation is 1. The highest BCUT2D eigenvalue weighted by molar-refractivity contribution is 9.10. The van der Waals surface area contributed by atoms with Crippen LogP contribution in [0.1, 0.15) is 22.3 Å². The van der Waals surface area contributed by atoms with Gasteiger partial charge in [-0.15, -0.1) is 0 Å². The Morgan fingerprint density at radius 1 is 1.53 bits per heavy atom. The molecular weight excluding hydrogens is 282 g/mol. The van der Waals surface area contributed by atoms with Crippen molar-refractivity contribution < 1.29 is 9.53 Å². The molecular formula is C13H16BrNO2. The summed E-state index contributed by atoms with van der Waals surface area (Å²) in [6.45, 7) is 3.39. The van der Waals surface area contributed by atoms with E-state index in [1.54, 1.807) is 4.90 Å². The van der Waals surface area contributed by atoms with E-state index in [0.717, 1.165) is 28.6 Å². The first-order valence-electron chi connectivity index (χ1n) is 5.70. The van der Waals surface area contributed by atoms with Crippen LogP contribution < -0.4 is 0 Å². The summed E-state index contributed by atoms with van der Waals surface area (Å²) in [5.74, 6) is 0.0658. The SMILES string of the molecule is Cc1cc(C(=O)N(C)C2CCOC2)ccc1Br. The maximum atomic E-state index is 12.3. The van der Waals surface area contributed by atoms with Crippen molar-refractivity contribution in [2.75, 3.05) is 20.3 Å². The van der Waals surface area contributed by atoms with Gasteiger partial charge in [0.15, 0.2) is 0 Å². The number of rotatable bonds is 2. The number of carbonyl (C=O) groups excluding carboxylic acids is 1. The van der Waals surface area contributed by atoms with Crippen molar-refractivity contribution in [3.8, 4) is 0 Å². The number of hydrogen-bond acceptors (Lipinski definition) is 2. The van der Waals surface area contributed by atoms with E-state index in [1.165, 1.54) is 0 Å². The van der Waals surface area contributed by atoms with E-state index in [9.17, 15) is 4.79 Å². The van der Waals surface area contributed by atoms with Crippen LogP contribution in [0.25, 0.3) is 0 Å². The summed E-state index contributed by atoms with van der Waals surface area (Å²) >= 11 is 3.44. The van der Waals surface area contributed by atoms with Crippen LogP contribution in [-0.2, 0) is 4.74 Å². The minimum Gasteiger partial charge on any atom is -0.379 e. The van der Waals surface area contributed by atoms with Crippen LogP contribution >= 0.6 is 15.9 Å². The summed E-state index contributed by atoms with van der Waals surface area (Å²) in [6.07, 6.45) is 0.928. The largest absolute Gasteiger partial charge is 0.379 e. The Labute approximate surface area is 110 Å². The van der Waals surface area contributed by atoms with E-state index in [0.29, 0.717) is 6.61 Å². The molecule has 0 radical (unpaired) electrons. The molecule has 1 amide bonds. The highest BCUT2D eigenvalue weighted by Crippen LogP contribution is 2.19. The molecule has 92 valence electrons. The molecule has 1 unspecified atom stereocenters. The fourth-order valence-electron chi connectivity index (χ4n) is 1.97. The number of carbonyl (C=O) groups is 1. The number of amides is 1. The minimum atomic E-state index is 0.0658. The van der Waals surface area contributed by atoms with Crippen molar-refractivity contribution in [2.45, 2.75) is 19.4 Å². The Balaban J connectivity index is 2.15. The summed E-state index contributed by atoms with van der Waals surface area (Å²) in [7, 11) is 1.85. The molecule has 0 saturated carbocycles. The fourth-order valence-corrected chi connectivity index (χ4v) is 2.22. The topological polar surface area (TPSA) is 29.5 Å². The van der Waals surface area contributed by atoms with E-state index < -0.39 is 0 Å². The first-order chi connectivity index (χ1) is 8.09. The Morgan fingerprint density at radius 3 is 2.88 bits per heavy atom. The average molecular weight is 298 g/mol. The lowest BCUT2D eigenvalue weighted by Gasteiger charge is -2.23. The van der Waals surface area contributed by atoms with Crippen molar-refractivity contribution in [2.24, 2.45) is 0 Å². The fraction of sp³-hybridized carbons (Fsp3) is 0.462. The lowest BCUT2D eigenvalue weighted by atomic mass is 10.1. The van der Waals surface area contributed by atoms with E-state index in [2.05, 4.69) is 15.9 Å². The van der Waals surface area contributed by atoms with Crippen LogP contribution in [-0.4, -0.2) is 37.1 Å². The zero-order chi connectivity index (χ0) is 12.4. The van der Waals surface area contributed by atoms with Gasteiger partial charge in [-0.3, -0.25) is 4.79 Å². The van der Waals surface area contributed by atoms with Gasteiger partial charge in [0.2, 0.25) is 0 Å². The third-order valence-electron chi connectivity index (χ3n) is 3.18. The monoisotopic (exact) mass is 297 g/mol. The van der Waals surface area contributed by atoms with Crippen LogP contribution in [0, 0.1) is 6.92 Å². The number of hydrogen-bond donors (Lipinski definition) is 0. The van der Waals surface area contributed by atoms with Crippen LogP contribution in [0.2, 0.25) is 0 Å². The standard InChI is InChI=1S/C13H16BrNO2/c1-9-7-10(3-4-12(9)14)13(16)15(2)11-5-6-17-8-11/h3-4,7,11H,5-6,8H2,1-2H3. The summed E-state index contributed by atoms with van der Waals surface area (Å²) in [5, 5.41) is 0. The minimum absolute atomic E-state index is 0.0658. The number of ether oxygens (including phenoxy) is 1. The van der Waals surface area contributed by atoms with E-state index in [-0.39, 0.29) is 11.9 Å². The second kappa shape index (κ2) is 5.19. The highest BCUT2D eigenvalue weighted by Gasteiger charge is 2.24. The number of halogens is 1. The maximum Gasteiger partial charge on any atom is 0.253 e. The van der Waals surface area contributed by atoms with Crippen LogP contribution in [0.15, 0.2) is 22.7 Å². The van der Waals surface area contributed by atoms with Gasteiger partial charge < -0.3 is 9.64 Å². The maximum absolute atomic E-state index is 12.3. The quantitative estimate of drug-likeness (QED) is 0.840. The Bertz CT molecular complexity index is 427. The molecule has 1 aromatic carbocycles. The van der Waals surface area contributed by atoms with Crippen LogP contribution in [0.4, 0.5) is 0 Å². The van der Waals surface area contributed by atoms with Gasteiger partial charge in [-0.1, -0.05) is 15.9 Å². The molecule has 0 N–H and O–H groups in total. The molecule has 17 heavy (non-hydrogen) atoms. The summed E-state index contributed by atoms with van der Waals surface area (Å²) in [6, 6.07) is 5.90. The molecule has 1 saturated heterocycles. The second-order valence-corrected chi connectivity index (χ2v) is 5.25. The normalized spacial score (nSPS) is 19.4. The Kier molecular flexibility index (Phi) is 3.84. The molecule has 4 heteroatoms. The Hall–Kier alpha value is -0.870. The van der Waals surface area contributed by atoms with Gasteiger partial charge in [-0.05, 0) is 37.1 Å². The van der Waals surface area contributed by atoms with Crippen LogP contribution in [0.3, 0.4) is 0 Å². The van der Waals surface area contributed by atoms with E-state index >= 15 is 0 Å². The third-order valence-corrected chi connectivity index (χ3v) is 4.07.